The second-order valence-electron chi connectivity index (χ2n) is 8.00. The molecule has 0 heterocycles. The Labute approximate surface area is 222 Å². The van der Waals surface area contributed by atoms with Crippen LogP contribution in [0.1, 0.15) is 150 Å². The standard InChI is InChI=1S/2C8H16O2.C8H15O.C3H7.O.Ti/c2*1-2-3-4-5-6-7-8(9)10;1-2-3-4-5-6-7-8-9;1-3-2;;/h2*2-7H2,1H3,(H,9,10);2-7H2,1H3;3H,1-2H3;;/q;;2*-1;;+2. The van der Waals surface area contributed by atoms with Crippen LogP contribution in [0.3, 0.4) is 0 Å². The van der Waals surface area contributed by atoms with Crippen molar-refractivity contribution in [1.82, 2.24) is 0 Å². The zero-order valence-electron chi connectivity index (χ0n) is 22.8. The van der Waals surface area contributed by atoms with Crippen LogP contribution in [-0.2, 0) is 38.1 Å². The number of carbonyl (C=O) groups is 2. The van der Waals surface area contributed by atoms with Crippen molar-refractivity contribution in [3.05, 3.63) is 6.42 Å². The van der Waals surface area contributed by atoms with Gasteiger partial charge in [0.25, 0.3) is 0 Å². The molecule has 0 atom stereocenters. The van der Waals surface area contributed by atoms with E-state index in [1.54, 1.807) is 0 Å². The van der Waals surface area contributed by atoms with Crippen molar-refractivity contribution in [3.63, 3.8) is 0 Å². The summed E-state index contributed by atoms with van der Waals surface area (Å²) in [5.74, 6) is -1.34. The van der Waals surface area contributed by atoms with E-state index in [2.05, 4.69) is 20.8 Å². The van der Waals surface area contributed by atoms with Crippen LogP contribution in [0.4, 0.5) is 0 Å². The minimum absolute atomic E-state index is 0.337. The first kappa shape index (κ1) is 43.2. The third-order valence-electron chi connectivity index (χ3n) is 4.37. The van der Waals surface area contributed by atoms with Gasteiger partial charge in [0.1, 0.15) is 0 Å². The van der Waals surface area contributed by atoms with Gasteiger partial charge >= 0.3 is 35.7 Å². The van der Waals surface area contributed by atoms with Crippen molar-refractivity contribution in [2.75, 3.05) is 0 Å². The maximum atomic E-state index is 10.0. The van der Waals surface area contributed by atoms with Crippen molar-refractivity contribution in [3.8, 4) is 0 Å². The molecule has 0 unspecified atom stereocenters. The van der Waals surface area contributed by atoms with Crippen molar-refractivity contribution in [1.29, 1.82) is 0 Å². The summed E-state index contributed by atoms with van der Waals surface area (Å²) in [7, 11) is 0. The second-order valence-corrected chi connectivity index (χ2v) is 8.00. The van der Waals surface area contributed by atoms with Crippen LogP contribution in [0.25, 0.3) is 0 Å². The van der Waals surface area contributed by atoms with Crippen LogP contribution in [0.2, 0.25) is 0 Å². The molecule has 0 saturated carbocycles. The van der Waals surface area contributed by atoms with Gasteiger partial charge in [-0.3, -0.25) is 15.9 Å². The Morgan fingerprint density at radius 1 is 0.618 bits per heavy atom. The summed E-state index contributed by atoms with van der Waals surface area (Å²) in [6.07, 6.45) is 22.4. The van der Waals surface area contributed by atoms with Gasteiger partial charge in [-0.05, 0) is 12.8 Å². The fraction of sp³-hybridized carbons (Fsp3) is 0.852. The normalized spacial score (nSPS) is 8.91. The average Bonchev–Trinajstić information content (AvgIpc) is 2.81. The third-order valence-corrected chi connectivity index (χ3v) is 4.37. The Bertz CT molecular complexity index is 354. The van der Waals surface area contributed by atoms with Gasteiger partial charge in [-0.1, -0.05) is 104 Å². The van der Waals surface area contributed by atoms with Crippen LogP contribution >= 0.6 is 0 Å². The molecular weight excluding hydrogens is 468 g/mol. The molecule has 0 spiro atoms. The summed E-state index contributed by atoms with van der Waals surface area (Å²) in [6, 6.07) is 0. The Hall–Kier alpha value is -0.876. The van der Waals surface area contributed by atoms with Gasteiger partial charge in [0.05, 0.1) is 0 Å². The molecule has 34 heavy (non-hydrogen) atoms. The van der Waals surface area contributed by atoms with E-state index in [9.17, 15) is 14.4 Å². The molecule has 202 valence electrons. The van der Waals surface area contributed by atoms with E-state index < -0.39 is 11.9 Å². The van der Waals surface area contributed by atoms with Gasteiger partial charge in [-0.15, -0.1) is 0 Å². The topological polar surface area (TPSA) is 109 Å². The number of unbranched alkanes of at least 4 members (excludes halogenated alkanes) is 13. The maximum absolute atomic E-state index is 10.0. The summed E-state index contributed by atoms with van der Waals surface area (Å²) >= 11 is 0.750. The first-order chi connectivity index (χ1) is 16.4. The predicted octanol–water partition coefficient (Wildman–Crippen LogP) is 8.43. The number of aliphatic carboxylic acids is 2. The number of hydrogen-bond acceptors (Lipinski definition) is 4. The van der Waals surface area contributed by atoms with E-state index in [-0.39, 0.29) is 0 Å². The minimum atomic E-state index is -0.670. The molecule has 2 N–H and O–H groups in total. The molecule has 7 heteroatoms. The van der Waals surface area contributed by atoms with Crippen molar-refractivity contribution in [2.24, 2.45) is 0 Å². The second kappa shape index (κ2) is 49.3. The Morgan fingerprint density at radius 2 is 0.882 bits per heavy atom. The van der Waals surface area contributed by atoms with Crippen LogP contribution < -0.4 is 0 Å². The Kier molecular flexibility index (Phi) is 62.7. The molecule has 0 radical (unpaired) electrons. The van der Waals surface area contributed by atoms with E-state index >= 15 is 0 Å². The molecule has 6 nitrogen and oxygen atoms in total. The SMILES string of the molecule is CCCCCCCC(=O)O.CCCCCCCC(=O)O.CCCCCCC[C-]=O.C[CH-]C.[O]=[Ti+2]. The quantitative estimate of drug-likeness (QED) is 0.106. The van der Waals surface area contributed by atoms with Crippen LogP contribution in [0, 0.1) is 6.42 Å². The molecule has 0 aromatic rings. The molecule has 0 aromatic carbocycles. The molecule has 0 saturated heterocycles. The average molecular weight is 523 g/mol. The van der Waals surface area contributed by atoms with E-state index in [4.69, 9.17) is 13.5 Å². The molecular formula is C27H54O6Ti. The fourth-order valence-corrected chi connectivity index (χ4v) is 2.56. The molecule has 0 fully saturated rings. The van der Waals surface area contributed by atoms with Gasteiger partial charge < -0.3 is 21.4 Å². The Balaban J connectivity index is -0.000000113. The monoisotopic (exact) mass is 522 g/mol. The van der Waals surface area contributed by atoms with Gasteiger partial charge in [0, 0.05) is 12.8 Å². The first-order valence-electron chi connectivity index (χ1n) is 13.1. The molecule has 0 aromatic heterocycles. The van der Waals surface area contributed by atoms with E-state index in [1.165, 1.54) is 64.2 Å². The number of carbonyl (C=O) groups excluding carboxylic acids is 1. The first-order valence-corrected chi connectivity index (χ1v) is 13.7. The Morgan fingerprint density at radius 3 is 1.12 bits per heavy atom. The van der Waals surface area contributed by atoms with Gasteiger partial charge in [0.15, 0.2) is 0 Å². The molecule has 0 amide bonds. The van der Waals surface area contributed by atoms with E-state index in [1.807, 2.05) is 26.6 Å². The summed E-state index contributed by atoms with van der Waals surface area (Å²) in [5.41, 5.74) is 0. The van der Waals surface area contributed by atoms with Gasteiger partial charge in [0.2, 0.25) is 0 Å². The third kappa shape index (κ3) is 77.2. The zero-order valence-corrected chi connectivity index (χ0v) is 24.4. The number of carboxylic acids is 2. The van der Waals surface area contributed by atoms with Crippen molar-refractivity contribution in [2.45, 2.75) is 150 Å². The summed E-state index contributed by atoms with van der Waals surface area (Å²) in [6.45, 7) is 10.5. The summed E-state index contributed by atoms with van der Waals surface area (Å²) in [4.78, 5) is 29.8. The number of carboxylic acid groups (broad SMARTS) is 2. The zero-order chi connectivity index (χ0) is 27.3. The van der Waals surface area contributed by atoms with Crippen molar-refractivity contribution < 1.29 is 48.3 Å². The van der Waals surface area contributed by atoms with Crippen LogP contribution in [-0.4, -0.2) is 28.4 Å². The van der Waals surface area contributed by atoms with E-state index in [0.717, 1.165) is 52.5 Å². The number of hydrogen-bond donors (Lipinski definition) is 2. The summed E-state index contributed by atoms with van der Waals surface area (Å²) in [5, 5.41) is 16.5. The van der Waals surface area contributed by atoms with Crippen LogP contribution in [0.15, 0.2) is 0 Å². The molecule has 0 aliphatic heterocycles. The van der Waals surface area contributed by atoms with Gasteiger partial charge in [-0.25, -0.2) is 0 Å². The number of rotatable bonds is 18. The molecule has 0 rings (SSSR count). The fourth-order valence-electron chi connectivity index (χ4n) is 2.56. The van der Waals surface area contributed by atoms with Crippen molar-refractivity contribution >= 4 is 18.2 Å². The molecule has 0 bridgehead atoms. The van der Waals surface area contributed by atoms with Crippen LogP contribution in [0.5, 0.6) is 0 Å². The summed E-state index contributed by atoms with van der Waals surface area (Å²) < 4.78 is 8.25. The predicted molar refractivity (Wildman–Crippen MR) is 137 cm³/mol. The molecule has 0 aliphatic rings. The molecule has 0 aliphatic carbocycles. The van der Waals surface area contributed by atoms with Gasteiger partial charge in [-0.2, -0.15) is 20.3 Å². The van der Waals surface area contributed by atoms with E-state index in [0.29, 0.717) is 19.3 Å².